The molecular formula is C20H14Cl2N2O2S. The van der Waals surface area contributed by atoms with E-state index in [1.165, 1.54) is 11.3 Å². The lowest BCUT2D eigenvalue weighted by Crippen LogP contribution is -2.10. The van der Waals surface area contributed by atoms with E-state index in [4.69, 9.17) is 27.6 Å². The van der Waals surface area contributed by atoms with Crippen molar-refractivity contribution in [1.82, 2.24) is 4.98 Å². The highest BCUT2D eigenvalue weighted by Gasteiger charge is 2.17. The van der Waals surface area contributed by atoms with Crippen molar-refractivity contribution in [1.29, 1.82) is 0 Å². The van der Waals surface area contributed by atoms with Crippen molar-refractivity contribution in [3.8, 4) is 11.3 Å². The predicted octanol–water partition coefficient (Wildman–Crippen LogP) is 6.73. The van der Waals surface area contributed by atoms with E-state index in [1.54, 1.807) is 30.3 Å². The number of rotatable bonds is 3. The van der Waals surface area contributed by atoms with Gasteiger partial charge in [-0.15, -0.1) is 0 Å². The number of carbonyl (C=O) groups is 1. The number of carbonyl (C=O) groups excluding carboxylic acids is 1. The highest BCUT2D eigenvalue weighted by molar-refractivity contribution is 7.22. The third kappa shape index (κ3) is 3.46. The van der Waals surface area contributed by atoms with Crippen LogP contribution in [0.2, 0.25) is 10.0 Å². The molecule has 0 aliphatic heterocycles. The van der Waals surface area contributed by atoms with E-state index in [9.17, 15) is 4.79 Å². The lowest BCUT2D eigenvalue weighted by atomic mass is 10.1. The summed E-state index contributed by atoms with van der Waals surface area (Å²) in [6.07, 6.45) is 0. The largest absolute Gasteiger partial charge is 0.451 e. The van der Waals surface area contributed by atoms with Gasteiger partial charge in [-0.1, -0.05) is 46.7 Å². The van der Waals surface area contributed by atoms with Crippen LogP contribution in [0.15, 0.2) is 46.9 Å². The van der Waals surface area contributed by atoms with E-state index in [2.05, 4.69) is 22.4 Å². The summed E-state index contributed by atoms with van der Waals surface area (Å²) in [6, 6.07) is 12.7. The van der Waals surface area contributed by atoms with Crippen LogP contribution in [0.25, 0.3) is 21.5 Å². The zero-order chi connectivity index (χ0) is 19.1. The van der Waals surface area contributed by atoms with Gasteiger partial charge in [0.05, 0.1) is 20.3 Å². The average molecular weight is 417 g/mol. The quantitative estimate of drug-likeness (QED) is 0.402. The second-order valence-electron chi connectivity index (χ2n) is 6.17. The number of anilines is 1. The Hall–Kier alpha value is -2.34. The number of benzene rings is 2. The molecule has 0 bridgehead atoms. The first-order valence-corrected chi connectivity index (χ1v) is 9.73. The number of thiazole rings is 1. The van der Waals surface area contributed by atoms with E-state index in [0.717, 1.165) is 21.3 Å². The third-order valence-corrected chi connectivity index (χ3v) is 5.83. The molecule has 7 heteroatoms. The van der Waals surface area contributed by atoms with Gasteiger partial charge in [-0.2, -0.15) is 0 Å². The smallest absolute Gasteiger partial charge is 0.293 e. The fraction of sp³-hybridized carbons (Fsp3) is 0.100. The zero-order valence-electron chi connectivity index (χ0n) is 14.5. The number of nitrogens with one attached hydrogen (secondary N) is 1. The molecule has 0 unspecified atom stereocenters. The second kappa shape index (κ2) is 7.00. The average Bonchev–Trinajstić information content (AvgIpc) is 3.24. The van der Waals surface area contributed by atoms with Gasteiger partial charge < -0.3 is 4.42 Å². The number of furan rings is 1. The van der Waals surface area contributed by atoms with E-state index in [1.807, 2.05) is 13.8 Å². The number of fused-ring (bicyclic) bond motifs is 1. The van der Waals surface area contributed by atoms with Crippen LogP contribution in [0.3, 0.4) is 0 Å². The molecule has 0 radical (unpaired) electrons. The van der Waals surface area contributed by atoms with Crippen LogP contribution < -0.4 is 5.32 Å². The summed E-state index contributed by atoms with van der Waals surface area (Å²) < 4.78 is 6.71. The topological polar surface area (TPSA) is 55.1 Å². The fourth-order valence-electron chi connectivity index (χ4n) is 2.88. The number of amides is 1. The van der Waals surface area contributed by atoms with Gasteiger partial charge in [0.25, 0.3) is 5.91 Å². The summed E-state index contributed by atoms with van der Waals surface area (Å²) in [5.41, 5.74) is 3.77. The molecule has 1 amide bonds. The first-order chi connectivity index (χ1) is 12.9. The van der Waals surface area contributed by atoms with Crippen molar-refractivity contribution in [3.63, 3.8) is 0 Å². The molecule has 0 aliphatic rings. The molecule has 136 valence electrons. The molecule has 0 saturated heterocycles. The van der Waals surface area contributed by atoms with Crippen LogP contribution in [-0.4, -0.2) is 10.9 Å². The maximum absolute atomic E-state index is 12.5. The highest BCUT2D eigenvalue weighted by atomic mass is 35.5. The minimum Gasteiger partial charge on any atom is -0.451 e. The van der Waals surface area contributed by atoms with E-state index < -0.39 is 0 Å². The van der Waals surface area contributed by atoms with Crippen LogP contribution in [-0.2, 0) is 0 Å². The number of aromatic nitrogens is 1. The second-order valence-corrected chi connectivity index (χ2v) is 7.98. The number of hydrogen-bond donors (Lipinski definition) is 1. The van der Waals surface area contributed by atoms with Crippen molar-refractivity contribution in [2.45, 2.75) is 13.8 Å². The number of hydrogen-bond acceptors (Lipinski definition) is 4. The van der Waals surface area contributed by atoms with Gasteiger partial charge in [0.1, 0.15) is 5.76 Å². The van der Waals surface area contributed by atoms with Gasteiger partial charge >= 0.3 is 0 Å². The Balaban J connectivity index is 1.60. The minimum atomic E-state index is -0.368. The number of halogens is 2. The molecular weight excluding hydrogens is 403 g/mol. The maximum Gasteiger partial charge on any atom is 0.293 e. The molecule has 4 aromatic rings. The van der Waals surface area contributed by atoms with Crippen molar-refractivity contribution < 1.29 is 9.21 Å². The van der Waals surface area contributed by atoms with Gasteiger partial charge in [0.15, 0.2) is 10.9 Å². The Morgan fingerprint density at radius 2 is 1.96 bits per heavy atom. The number of nitrogens with zero attached hydrogens (tertiary/aromatic N) is 1. The molecule has 0 aliphatic carbocycles. The van der Waals surface area contributed by atoms with Crippen molar-refractivity contribution in [3.05, 3.63) is 69.4 Å². The summed E-state index contributed by atoms with van der Waals surface area (Å²) in [4.78, 5) is 17.1. The van der Waals surface area contributed by atoms with Crippen LogP contribution >= 0.6 is 34.5 Å². The molecule has 4 rings (SSSR count). The molecule has 4 nitrogen and oxygen atoms in total. The summed E-state index contributed by atoms with van der Waals surface area (Å²) >= 11 is 13.7. The molecule has 0 spiro atoms. The number of aryl methyl sites for hydroxylation is 2. The fourth-order valence-corrected chi connectivity index (χ4v) is 4.31. The molecule has 2 aromatic heterocycles. The highest BCUT2D eigenvalue weighted by Crippen LogP contribution is 2.35. The van der Waals surface area contributed by atoms with Crippen LogP contribution in [0, 0.1) is 13.8 Å². The van der Waals surface area contributed by atoms with Crippen LogP contribution in [0.1, 0.15) is 21.7 Å². The maximum atomic E-state index is 12.5. The monoisotopic (exact) mass is 416 g/mol. The predicted molar refractivity (Wildman–Crippen MR) is 111 cm³/mol. The Bertz CT molecular complexity index is 1180. The Labute approximate surface area is 169 Å². The Morgan fingerprint density at radius 3 is 2.78 bits per heavy atom. The summed E-state index contributed by atoms with van der Waals surface area (Å²) in [6.45, 7) is 4.05. The van der Waals surface area contributed by atoms with E-state index >= 15 is 0 Å². The van der Waals surface area contributed by atoms with Crippen LogP contribution in [0.5, 0.6) is 0 Å². The van der Waals surface area contributed by atoms with E-state index in [0.29, 0.717) is 26.5 Å². The van der Waals surface area contributed by atoms with Crippen molar-refractivity contribution >= 4 is 55.8 Å². The summed E-state index contributed by atoms with van der Waals surface area (Å²) in [5.74, 6) is 0.282. The molecule has 0 atom stereocenters. The first-order valence-electron chi connectivity index (χ1n) is 8.16. The zero-order valence-corrected chi connectivity index (χ0v) is 16.8. The standard InChI is InChI=1S/C20H14Cl2N2O2S/c1-10-8-11(2)18-16(9-10)27-20(23-18)24-19(25)15-7-6-14(26-15)12-4-3-5-13(21)17(12)22/h3-9H,1-2H3,(H,23,24,25). The minimum absolute atomic E-state index is 0.174. The molecule has 0 fully saturated rings. The Morgan fingerprint density at radius 1 is 1.15 bits per heavy atom. The summed E-state index contributed by atoms with van der Waals surface area (Å²) in [7, 11) is 0. The first kappa shape index (κ1) is 18.0. The van der Waals surface area contributed by atoms with Gasteiger partial charge in [0, 0.05) is 5.56 Å². The normalized spacial score (nSPS) is 11.1. The van der Waals surface area contributed by atoms with Gasteiger partial charge in [-0.3, -0.25) is 10.1 Å². The lowest BCUT2D eigenvalue weighted by Gasteiger charge is -2.02. The van der Waals surface area contributed by atoms with Gasteiger partial charge in [-0.25, -0.2) is 4.98 Å². The Kier molecular flexibility index (Phi) is 4.68. The lowest BCUT2D eigenvalue weighted by molar-refractivity contribution is 0.0997. The SMILES string of the molecule is Cc1cc(C)c2nc(NC(=O)c3ccc(-c4cccc(Cl)c4Cl)o3)sc2c1. The van der Waals surface area contributed by atoms with Gasteiger partial charge in [0.2, 0.25) is 0 Å². The molecule has 27 heavy (non-hydrogen) atoms. The van der Waals surface area contributed by atoms with Crippen molar-refractivity contribution in [2.75, 3.05) is 5.32 Å². The molecule has 0 saturated carbocycles. The van der Waals surface area contributed by atoms with Crippen LogP contribution in [0.4, 0.5) is 5.13 Å². The molecule has 1 N–H and O–H groups in total. The van der Waals surface area contributed by atoms with Gasteiger partial charge in [-0.05, 0) is 55.3 Å². The summed E-state index contributed by atoms with van der Waals surface area (Å²) in [5, 5.41) is 4.14. The molecule has 2 aromatic carbocycles. The third-order valence-electron chi connectivity index (χ3n) is 4.10. The molecule has 2 heterocycles. The van der Waals surface area contributed by atoms with E-state index in [-0.39, 0.29) is 11.7 Å². The van der Waals surface area contributed by atoms with Crippen molar-refractivity contribution in [2.24, 2.45) is 0 Å².